The molecule has 0 fully saturated rings. The van der Waals surface area contributed by atoms with Crippen LogP contribution in [0.1, 0.15) is 26.3 Å². The molecule has 150 valence electrons. The van der Waals surface area contributed by atoms with Gasteiger partial charge in [-0.25, -0.2) is 0 Å². The molecule has 2 amide bonds. The molecule has 8 heteroatoms. The number of anilines is 2. The molecule has 1 N–H and O–H groups in total. The Labute approximate surface area is 187 Å². The molecule has 5 nitrogen and oxygen atoms in total. The molecule has 3 aromatic rings. The lowest BCUT2D eigenvalue weighted by Gasteiger charge is -2.17. The maximum Gasteiger partial charge on any atom is 0.299 e. The van der Waals surface area contributed by atoms with Crippen molar-refractivity contribution in [2.24, 2.45) is 0 Å². The van der Waals surface area contributed by atoms with Crippen molar-refractivity contribution in [2.45, 2.75) is 6.54 Å². The monoisotopic (exact) mass is 458 g/mol. The zero-order valence-corrected chi connectivity index (χ0v) is 17.6. The van der Waals surface area contributed by atoms with E-state index in [-0.39, 0.29) is 18.0 Å². The summed E-state index contributed by atoms with van der Waals surface area (Å²) >= 11 is 17.8. The average Bonchev–Trinajstić information content (AvgIpc) is 2.96. The molecule has 3 aromatic carbocycles. The molecular formula is C22H13Cl3N2O3. The number of fused-ring (bicyclic) bond motifs is 1. The third-order valence-corrected chi connectivity index (χ3v) is 5.65. The van der Waals surface area contributed by atoms with Crippen molar-refractivity contribution in [2.75, 3.05) is 10.2 Å². The predicted octanol–water partition coefficient (Wildman–Crippen LogP) is 5.63. The second-order valence-electron chi connectivity index (χ2n) is 6.66. The van der Waals surface area contributed by atoms with Crippen LogP contribution in [0, 0.1) is 0 Å². The van der Waals surface area contributed by atoms with Crippen molar-refractivity contribution >= 4 is 63.8 Å². The predicted molar refractivity (Wildman–Crippen MR) is 118 cm³/mol. The lowest BCUT2D eigenvalue weighted by Crippen LogP contribution is -2.29. The number of benzene rings is 3. The SMILES string of the molecule is O=C(Nc1ccc2c(c1)C(=O)C(=O)N2Cc1ccc(Cl)c(Cl)c1)c1ccc(Cl)cc1. The number of amides is 2. The molecule has 0 saturated carbocycles. The Bertz CT molecular complexity index is 1190. The van der Waals surface area contributed by atoms with Crippen molar-refractivity contribution in [1.29, 1.82) is 0 Å². The largest absolute Gasteiger partial charge is 0.322 e. The summed E-state index contributed by atoms with van der Waals surface area (Å²) in [4.78, 5) is 38.8. The van der Waals surface area contributed by atoms with Crippen molar-refractivity contribution in [3.63, 3.8) is 0 Å². The Morgan fingerprint density at radius 2 is 1.60 bits per heavy atom. The Kier molecular flexibility index (Phi) is 5.52. The molecule has 1 aliphatic rings. The number of Topliss-reactive ketones (excluding diaryl/α,β-unsaturated/α-hetero) is 1. The minimum Gasteiger partial charge on any atom is -0.322 e. The summed E-state index contributed by atoms with van der Waals surface area (Å²) in [6.45, 7) is 0.172. The third-order valence-electron chi connectivity index (χ3n) is 4.66. The Hall–Kier alpha value is -2.86. The van der Waals surface area contributed by atoms with E-state index in [9.17, 15) is 14.4 Å². The molecule has 0 spiro atoms. The standard InChI is InChI=1S/C22H13Cl3N2O3/c23-14-4-2-13(3-5-14)21(29)26-15-6-8-19-16(10-15)20(28)22(30)27(19)11-12-1-7-17(24)18(25)9-12/h1-10H,11H2,(H,26,29). The molecule has 0 aromatic heterocycles. The van der Waals surface area contributed by atoms with Crippen LogP contribution in [-0.4, -0.2) is 17.6 Å². The quantitative estimate of drug-likeness (QED) is 0.514. The highest BCUT2D eigenvalue weighted by molar-refractivity contribution is 6.52. The fourth-order valence-corrected chi connectivity index (χ4v) is 3.61. The molecule has 0 atom stereocenters. The van der Waals surface area contributed by atoms with Crippen LogP contribution >= 0.6 is 34.8 Å². The van der Waals surface area contributed by atoms with Crippen molar-refractivity contribution in [3.8, 4) is 0 Å². The fourth-order valence-electron chi connectivity index (χ4n) is 3.16. The van der Waals surface area contributed by atoms with E-state index in [0.717, 1.165) is 5.56 Å². The van der Waals surface area contributed by atoms with Gasteiger partial charge in [0.05, 0.1) is 27.8 Å². The summed E-state index contributed by atoms with van der Waals surface area (Å²) in [5.41, 5.74) is 2.27. The number of nitrogens with one attached hydrogen (secondary N) is 1. The van der Waals surface area contributed by atoms with Crippen molar-refractivity contribution in [1.82, 2.24) is 0 Å². The van der Waals surface area contributed by atoms with Gasteiger partial charge in [-0.05, 0) is 60.2 Å². The number of halogens is 3. The summed E-state index contributed by atoms with van der Waals surface area (Å²) < 4.78 is 0. The van der Waals surface area contributed by atoms with Crippen LogP contribution in [0.2, 0.25) is 15.1 Å². The zero-order chi connectivity index (χ0) is 21.4. The minimum atomic E-state index is -0.641. The van der Waals surface area contributed by atoms with Crippen LogP contribution in [0.4, 0.5) is 11.4 Å². The number of ketones is 1. The summed E-state index contributed by atoms with van der Waals surface area (Å²) in [5.74, 6) is -1.62. The zero-order valence-electron chi connectivity index (χ0n) is 15.3. The highest BCUT2D eigenvalue weighted by atomic mass is 35.5. The first-order valence-electron chi connectivity index (χ1n) is 8.84. The number of rotatable bonds is 4. The summed E-state index contributed by atoms with van der Waals surface area (Å²) in [6, 6.07) is 16.2. The van der Waals surface area contributed by atoms with E-state index in [1.165, 1.54) is 11.0 Å². The minimum absolute atomic E-state index is 0.172. The highest BCUT2D eigenvalue weighted by Crippen LogP contribution is 2.33. The maximum atomic E-state index is 12.5. The van der Waals surface area contributed by atoms with Gasteiger partial charge in [0, 0.05) is 16.3 Å². The van der Waals surface area contributed by atoms with E-state index in [1.807, 2.05) is 0 Å². The molecule has 0 radical (unpaired) electrons. The molecule has 0 bridgehead atoms. The van der Waals surface area contributed by atoms with Gasteiger partial charge in [0.25, 0.3) is 17.6 Å². The fraction of sp³-hybridized carbons (Fsp3) is 0.0455. The van der Waals surface area contributed by atoms with E-state index in [1.54, 1.807) is 54.6 Å². The van der Waals surface area contributed by atoms with Gasteiger partial charge < -0.3 is 10.2 Å². The van der Waals surface area contributed by atoms with Crippen LogP contribution in [0.3, 0.4) is 0 Å². The number of nitrogens with zero attached hydrogens (tertiary/aromatic N) is 1. The molecule has 0 aliphatic carbocycles. The van der Waals surface area contributed by atoms with Gasteiger partial charge in [-0.3, -0.25) is 14.4 Å². The topological polar surface area (TPSA) is 66.5 Å². The maximum absolute atomic E-state index is 12.5. The Morgan fingerprint density at radius 1 is 0.867 bits per heavy atom. The third kappa shape index (κ3) is 3.92. The second-order valence-corrected chi connectivity index (χ2v) is 7.91. The number of hydrogen-bond donors (Lipinski definition) is 1. The first-order valence-corrected chi connectivity index (χ1v) is 9.98. The molecule has 4 rings (SSSR count). The van der Waals surface area contributed by atoms with Crippen LogP contribution in [-0.2, 0) is 11.3 Å². The van der Waals surface area contributed by atoms with Gasteiger partial charge in [-0.15, -0.1) is 0 Å². The van der Waals surface area contributed by atoms with Gasteiger partial charge in [0.1, 0.15) is 0 Å². The van der Waals surface area contributed by atoms with Crippen LogP contribution < -0.4 is 10.2 Å². The average molecular weight is 460 g/mol. The lowest BCUT2D eigenvalue weighted by atomic mass is 10.1. The van der Waals surface area contributed by atoms with Crippen LogP contribution in [0.25, 0.3) is 0 Å². The molecule has 30 heavy (non-hydrogen) atoms. The lowest BCUT2D eigenvalue weighted by molar-refractivity contribution is -0.114. The number of hydrogen-bond acceptors (Lipinski definition) is 3. The molecular weight excluding hydrogens is 447 g/mol. The molecule has 1 heterocycles. The van der Waals surface area contributed by atoms with Gasteiger partial charge in [0.15, 0.2) is 0 Å². The molecule has 0 unspecified atom stereocenters. The van der Waals surface area contributed by atoms with E-state index in [0.29, 0.717) is 32.0 Å². The molecule has 0 saturated heterocycles. The van der Waals surface area contributed by atoms with E-state index in [2.05, 4.69) is 5.32 Å². The summed E-state index contributed by atoms with van der Waals surface area (Å²) in [7, 11) is 0. The highest BCUT2D eigenvalue weighted by Gasteiger charge is 2.36. The van der Waals surface area contributed by atoms with Gasteiger partial charge >= 0.3 is 0 Å². The van der Waals surface area contributed by atoms with E-state index in [4.69, 9.17) is 34.8 Å². The van der Waals surface area contributed by atoms with Crippen LogP contribution in [0.5, 0.6) is 0 Å². The number of carbonyl (C=O) groups is 3. The summed E-state index contributed by atoms with van der Waals surface area (Å²) in [6.07, 6.45) is 0. The first kappa shape index (κ1) is 20.4. The van der Waals surface area contributed by atoms with Gasteiger partial charge in [-0.1, -0.05) is 40.9 Å². The van der Waals surface area contributed by atoms with E-state index < -0.39 is 11.7 Å². The smallest absolute Gasteiger partial charge is 0.299 e. The van der Waals surface area contributed by atoms with Gasteiger partial charge in [0.2, 0.25) is 0 Å². The van der Waals surface area contributed by atoms with Crippen molar-refractivity contribution < 1.29 is 14.4 Å². The van der Waals surface area contributed by atoms with Gasteiger partial charge in [-0.2, -0.15) is 0 Å². The number of carbonyl (C=O) groups excluding carboxylic acids is 3. The Morgan fingerprint density at radius 3 is 2.30 bits per heavy atom. The van der Waals surface area contributed by atoms with Crippen molar-refractivity contribution in [3.05, 3.63) is 92.4 Å². The molecule has 1 aliphatic heterocycles. The summed E-state index contributed by atoms with van der Waals surface area (Å²) in [5, 5.41) is 4.02. The Balaban J connectivity index is 1.58. The normalized spacial score (nSPS) is 12.8. The second kappa shape index (κ2) is 8.11. The van der Waals surface area contributed by atoms with Crippen LogP contribution in [0.15, 0.2) is 60.7 Å². The first-order chi connectivity index (χ1) is 14.3. The van der Waals surface area contributed by atoms with E-state index >= 15 is 0 Å².